The molecule has 0 saturated heterocycles. The van der Waals surface area contributed by atoms with E-state index in [0.29, 0.717) is 6.54 Å². The molecule has 1 rings (SSSR count). The summed E-state index contributed by atoms with van der Waals surface area (Å²) < 4.78 is 0. The van der Waals surface area contributed by atoms with Crippen molar-refractivity contribution in [3.05, 3.63) is 34.4 Å². The third-order valence-electron chi connectivity index (χ3n) is 3.45. The molecular formula is C16H27NO. The molecular weight excluding hydrogens is 222 g/mol. The second-order valence-corrected chi connectivity index (χ2v) is 5.38. The first kappa shape index (κ1) is 15.2. The van der Waals surface area contributed by atoms with E-state index >= 15 is 0 Å². The lowest BCUT2D eigenvalue weighted by Gasteiger charge is -2.21. The highest BCUT2D eigenvalue weighted by Crippen LogP contribution is 2.23. The SMILES string of the molecule is CCCC(O)CNC(C)c1c(C)cc(C)cc1C. The van der Waals surface area contributed by atoms with Gasteiger partial charge in [0.25, 0.3) is 0 Å². The number of nitrogens with one attached hydrogen (secondary N) is 1. The summed E-state index contributed by atoms with van der Waals surface area (Å²) in [5.41, 5.74) is 5.34. The Hall–Kier alpha value is -0.860. The lowest BCUT2D eigenvalue weighted by Crippen LogP contribution is -2.29. The van der Waals surface area contributed by atoms with Crippen LogP contribution in [0.25, 0.3) is 0 Å². The van der Waals surface area contributed by atoms with Crippen LogP contribution in [0.2, 0.25) is 0 Å². The summed E-state index contributed by atoms with van der Waals surface area (Å²) in [7, 11) is 0. The highest BCUT2D eigenvalue weighted by atomic mass is 16.3. The van der Waals surface area contributed by atoms with E-state index in [1.807, 2.05) is 0 Å². The molecule has 0 aliphatic carbocycles. The van der Waals surface area contributed by atoms with Crippen LogP contribution >= 0.6 is 0 Å². The minimum absolute atomic E-state index is 0.233. The van der Waals surface area contributed by atoms with E-state index in [9.17, 15) is 5.11 Å². The van der Waals surface area contributed by atoms with Gasteiger partial charge in [0.1, 0.15) is 0 Å². The van der Waals surface area contributed by atoms with Crippen molar-refractivity contribution in [2.45, 2.75) is 59.6 Å². The molecule has 2 nitrogen and oxygen atoms in total. The van der Waals surface area contributed by atoms with Crippen LogP contribution in [0, 0.1) is 20.8 Å². The number of benzene rings is 1. The van der Waals surface area contributed by atoms with Gasteiger partial charge >= 0.3 is 0 Å². The number of hydrogen-bond acceptors (Lipinski definition) is 2. The van der Waals surface area contributed by atoms with E-state index in [4.69, 9.17) is 0 Å². The van der Waals surface area contributed by atoms with Crippen molar-refractivity contribution in [2.75, 3.05) is 6.54 Å². The smallest absolute Gasteiger partial charge is 0.0664 e. The van der Waals surface area contributed by atoms with Crippen molar-refractivity contribution in [2.24, 2.45) is 0 Å². The molecule has 0 fully saturated rings. The second kappa shape index (κ2) is 6.91. The second-order valence-electron chi connectivity index (χ2n) is 5.38. The number of hydrogen-bond donors (Lipinski definition) is 2. The van der Waals surface area contributed by atoms with Crippen LogP contribution in [0.15, 0.2) is 12.1 Å². The molecule has 0 aliphatic rings. The van der Waals surface area contributed by atoms with Gasteiger partial charge in [0, 0.05) is 12.6 Å². The molecule has 0 spiro atoms. The van der Waals surface area contributed by atoms with Gasteiger partial charge in [-0.25, -0.2) is 0 Å². The normalized spacial score (nSPS) is 14.6. The van der Waals surface area contributed by atoms with Crippen molar-refractivity contribution in [1.82, 2.24) is 5.32 Å². The molecule has 2 unspecified atom stereocenters. The number of aliphatic hydroxyl groups excluding tert-OH is 1. The lowest BCUT2D eigenvalue weighted by molar-refractivity contribution is 0.157. The van der Waals surface area contributed by atoms with E-state index in [2.05, 4.69) is 52.1 Å². The summed E-state index contributed by atoms with van der Waals surface area (Å²) in [6, 6.07) is 4.74. The van der Waals surface area contributed by atoms with Crippen LogP contribution < -0.4 is 5.32 Å². The minimum atomic E-state index is -0.233. The van der Waals surface area contributed by atoms with Crippen LogP contribution in [-0.2, 0) is 0 Å². The number of aliphatic hydroxyl groups is 1. The fourth-order valence-corrected chi connectivity index (χ4v) is 2.72. The molecule has 2 atom stereocenters. The van der Waals surface area contributed by atoms with E-state index in [1.165, 1.54) is 22.3 Å². The zero-order valence-electron chi connectivity index (χ0n) is 12.4. The van der Waals surface area contributed by atoms with E-state index in [0.717, 1.165) is 12.8 Å². The Balaban J connectivity index is 2.70. The third kappa shape index (κ3) is 4.11. The van der Waals surface area contributed by atoms with Gasteiger partial charge < -0.3 is 10.4 Å². The Morgan fingerprint density at radius 3 is 2.22 bits per heavy atom. The van der Waals surface area contributed by atoms with Crippen LogP contribution in [0.5, 0.6) is 0 Å². The molecule has 1 aromatic rings. The summed E-state index contributed by atoms with van der Waals surface area (Å²) >= 11 is 0. The van der Waals surface area contributed by atoms with Gasteiger partial charge in [-0.3, -0.25) is 0 Å². The fourth-order valence-electron chi connectivity index (χ4n) is 2.72. The van der Waals surface area contributed by atoms with Crippen LogP contribution in [0.4, 0.5) is 0 Å². The Kier molecular flexibility index (Phi) is 5.83. The van der Waals surface area contributed by atoms with Crippen molar-refractivity contribution >= 4 is 0 Å². The third-order valence-corrected chi connectivity index (χ3v) is 3.45. The largest absolute Gasteiger partial charge is 0.392 e. The summed E-state index contributed by atoms with van der Waals surface area (Å²) in [6.45, 7) is 11.4. The molecule has 1 aromatic carbocycles. The highest BCUT2D eigenvalue weighted by molar-refractivity contribution is 5.39. The standard InChI is InChI=1S/C16H27NO/c1-6-7-15(18)10-17-14(5)16-12(3)8-11(2)9-13(16)4/h8-9,14-15,17-18H,6-7,10H2,1-5H3. The Morgan fingerprint density at radius 1 is 1.17 bits per heavy atom. The summed E-state index contributed by atoms with van der Waals surface area (Å²) in [6.07, 6.45) is 1.66. The van der Waals surface area contributed by atoms with Gasteiger partial charge in [-0.1, -0.05) is 31.0 Å². The number of aryl methyl sites for hydroxylation is 3. The molecule has 2 heteroatoms. The lowest BCUT2D eigenvalue weighted by atomic mass is 9.95. The molecule has 0 heterocycles. The maximum absolute atomic E-state index is 9.77. The Labute approximate surface area is 111 Å². The molecule has 2 N–H and O–H groups in total. The highest BCUT2D eigenvalue weighted by Gasteiger charge is 2.13. The predicted octanol–water partition coefficient (Wildman–Crippen LogP) is 3.42. The maximum atomic E-state index is 9.77. The van der Waals surface area contributed by atoms with Gasteiger partial charge in [0.2, 0.25) is 0 Å². The van der Waals surface area contributed by atoms with Crippen molar-refractivity contribution in [1.29, 1.82) is 0 Å². The molecule has 102 valence electrons. The number of rotatable bonds is 6. The summed E-state index contributed by atoms with van der Waals surface area (Å²) in [5.74, 6) is 0. The van der Waals surface area contributed by atoms with Gasteiger partial charge in [-0.05, 0) is 50.8 Å². The van der Waals surface area contributed by atoms with Crippen LogP contribution in [0.1, 0.15) is 55.0 Å². The van der Waals surface area contributed by atoms with E-state index in [-0.39, 0.29) is 12.1 Å². The fraction of sp³-hybridized carbons (Fsp3) is 0.625. The van der Waals surface area contributed by atoms with Gasteiger partial charge in [-0.15, -0.1) is 0 Å². The van der Waals surface area contributed by atoms with Crippen LogP contribution in [0.3, 0.4) is 0 Å². The van der Waals surface area contributed by atoms with Gasteiger partial charge in [0.15, 0.2) is 0 Å². The summed E-state index contributed by atoms with van der Waals surface area (Å²) in [4.78, 5) is 0. The molecule has 0 aliphatic heterocycles. The Morgan fingerprint density at radius 2 is 1.72 bits per heavy atom. The molecule has 0 radical (unpaired) electrons. The zero-order chi connectivity index (χ0) is 13.7. The first-order valence-corrected chi connectivity index (χ1v) is 6.94. The first-order valence-electron chi connectivity index (χ1n) is 6.94. The monoisotopic (exact) mass is 249 g/mol. The van der Waals surface area contributed by atoms with E-state index in [1.54, 1.807) is 0 Å². The Bertz CT molecular complexity index is 364. The summed E-state index contributed by atoms with van der Waals surface area (Å²) in [5, 5.41) is 13.2. The molecule has 0 amide bonds. The van der Waals surface area contributed by atoms with Crippen molar-refractivity contribution in [3.8, 4) is 0 Å². The molecule has 0 aromatic heterocycles. The quantitative estimate of drug-likeness (QED) is 0.809. The maximum Gasteiger partial charge on any atom is 0.0664 e. The molecule has 18 heavy (non-hydrogen) atoms. The van der Waals surface area contributed by atoms with E-state index < -0.39 is 0 Å². The zero-order valence-corrected chi connectivity index (χ0v) is 12.4. The van der Waals surface area contributed by atoms with Crippen molar-refractivity contribution < 1.29 is 5.11 Å². The first-order chi connectivity index (χ1) is 8.45. The van der Waals surface area contributed by atoms with Crippen LogP contribution in [-0.4, -0.2) is 17.8 Å². The predicted molar refractivity (Wildman–Crippen MR) is 78.0 cm³/mol. The van der Waals surface area contributed by atoms with Crippen molar-refractivity contribution in [3.63, 3.8) is 0 Å². The average molecular weight is 249 g/mol. The molecule has 0 saturated carbocycles. The van der Waals surface area contributed by atoms with Gasteiger partial charge in [-0.2, -0.15) is 0 Å². The topological polar surface area (TPSA) is 32.3 Å². The minimum Gasteiger partial charge on any atom is -0.392 e. The average Bonchev–Trinajstić information content (AvgIpc) is 2.25. The van der Waals surface area contributed by atoms with Gasteiger partial charge in [0.05, 0.1) is 6.10 Å². The molecule has 0 bridgehead atoms.